The lowest BCUT2D eigenvalue weighted by molar-refractivity contribution is -0.107. The fourth-order valence-corrected chi connectivity index (χ4v) is 3.45. The number of carbonyl (C=O) groups excluding carboxylic acids is 1. The van der Waals surface area contributed by atoms with Gasteiger partial charge in [0.1, 0.15) is 6.29 Å². The second-order valence-electron chi connectivity index (χ2n) is 4.50. The fourth-order valence-electron chi connectivity index (χ4n) is 2.35. The summed E-state index contributed by atoms with van der Waals surface area (Å²) in [5.74, 6) is 0. The highest BCUT2D eigenvalue weighted by molar-refractivity contribution is 7.99. The molecule has 2 nitrogen and oxygen atoms in total. The Morgan fingerprint density at radius 1 is 0.947 bits per heavy atom. The molecule has 3 rings (SSSR count). The molecule has 0 atom stereocenters. The second kappa shape index (κ2) is 5.49. The zero-order valence-corrected chi connectivity index (χ0v) is 11.4. The molecule has 1 aliphatic heterocycles. The first kappa shape index (κ1) is 12.3. The summed E-state index contributed by atoms with van der Waals surface area (Å²) in [6.07, 6.45) is 2.50. The maximum Gasteiger partial charge on any atom is 0.120 e. The molecule has 0 amide bonds. The summed E-state index contributed by atoms with van der Waals surface area (Å²) >= 11 is 1.81. The summed E-state index contributed by atoms with van der Waals surface area (Å²) in [7, 11) is 0. The van der Waals surface area contributed by atoms with E-state index in [2.05, 4.69) is 53.4 Å². The van der Waals surface area contributed by atoms with Gasteiger partial charge in [0, 0.05) is 22.8 Å². The third-order valence-electron chi connectivity index (χ3n) is 3.24. The number of unbranched alkanes of at least 4 members (excludes halogenated alkanes) is 1. The van der Waals surface area contributed by atoms with Gasteiger partial charge in [-0.05, 0) is 30.7 Å². The number of carbonyl (C=O) groups is 1. The van der Waals surface area contributed by atoms with Crippen LogP contribution in [0.2, 0.25) is 0 Å². The van der Waals surface area contributed by atoms with Crippen molar-refractivity contribution >= 4 is 29.4 Å². The molecule has 3 heteroatoms. The Morgan fingerprint density at radius 2 is 1.53 bits per heavy atom. The summed E-state index contributed by atoms with van der Waals surface area (Å²) < 4.78 is 0. The number of rotatable bonds is 4. The molecule has 0 saturated carbocycles. The van der Waals surface area contributed by atoms with Gasteiger partial charge in [-0.15, -0.1) is 0 Å². The highest BCUT2D eigenvalue weighted by Crippen LogP contribution is 2.47. The lowest BCUT2D eigenvalue weighted by Crippen LogP contribution is -2.21. The molecule has 0 fully saturated rings. The number of nitrogens with zero attached hydrogens (tertiary/aromatic N) is 1. The molecule has 2 aromatic rings. The van der Waals surface area contributed by atoms with E-state index in [1.165, 1.54) is 21.2 Å². The van der Waals surface area contributed by atoms with Crippen LogP contribution in [-0.2, 0) is 4.79 Å². The van der Waals surface area contributed by atoms with Gasteiger partial charge in [-0.3, -0.25) is 0 Å². The van der Waals surface area contributed by atoms with Gasteiger partial charge in [-0.2, -0.15) is 0 Å². The first-order valence-corrected chi connectivity index (χ1v) is 7.29. The van der Waals surface area contributed by atoms with Crippen LogP contribution in [0.1, 0.15) is 12.8 Å². The maximum atomic E-state index is 10.5. The Kier molecular flexibility index (Phi) is 3.56. The van der Waals surface area contributed by atoms with Crippen molar-refractivity contribution in [2.24, 2.45) is 0 Å². The van der Waals surface area contributed by atoms with Gasteiger partial charge < -0.3 is 9.69 Å². The lowest BCUT2D eigenvalue weighted by atomic mass is 10.2. The van der Waals surface area contributed by atoms with E-state index in [-0.39, 0.29) is 0 Å². The normalized spacial score (nSPS) is 12.7. The van der Waals surface area contributed by atoms with E-state index in [1.54, 1.807) is 0 Å². The molecule has 96 valence electrons. The Balaban J connectivity index is 1.98. The van der Waals surface area contributed by atoms with Crippen molar-refractivity contribution in [3.8, 4) is 0 Å². The highest BCUT2D eigenvalue weighted by atomic mass is 32.2. The van der Waals surface area contributed by atoms with E-state index in [0.29, 0.717) is 6.42 Å². The number of hydrogen-bond acceptors (Lipinski definition) is 3. The van der Waals surface area contributed by atoms with Gasteiger partial charge in [0.15, 0.2) is 0 Å². The topological polar surface area (TPSA) is 20.3 Å². The molecule has 2 aromatic carbocycles. The molecule has 1 heterocycles. The molecular formula is C16H15NOS. The summed E-state index contributed by atoms with van der Waals surface area (Å²) in [6, 6.07) is 16.9. The third-order valence-corrected chi connectivity index (χ3v) is 4.37. The maximum absolute atomic E-state index is 10.5. The summed E-state index contributed by atoms with van der Waals surface area (Å²) in [4.78, 5) is 15.4. The van der Waals surface area contributed by atoms with E-state index in [9.17, 15) is 4.79 Å². The lowest BCUT2D eigenvalue weighted by Gasteiger charge is -2.32. The van der Waals surface area contributed by atoms with Crippen LogP contribution in [0.4, 0.5) is 11.4 Å². The molecule has 0 radical (unpaired) electrons. The van der Waals surface area contributed by atoms with Gasteiger partial charge in [-0.25, -0.2) is 0 Å². The van der Waals surface area contributed by atoms with Crippen molar-refractivity contribution < 1.29 is 4.79 Å². The van der Waals surface area contributed by atoms with Crippen LogP contribution >= 0.6 is 11.8 Å². The Bertz CT molecular complexity index is 551. The van der Waals surface area contributed by atoms with Crippen LogP contribution < -0.4 is 4.90 Å². The SMILES string of the molecule is O=CCCCN1c2ccccc2Sc2ccccc21. The van der Waals surface area contributed by atoms with Crippen molar-refractivity contribution in [3.05, 3.63) is 48.5 Å². The van der Waals surface area contributed by atoms with Gasteiger partial charge in [-0.1, -0.05) is 36.0 Å². The van der Waals surface area contributed by atoms with Crippen molar-refractivity contribution in [2.75, 3.05) is 11.4 Å². The molecule has 0 unspecified atom stereocenters. The van der Waals surface area contributed by atoms with Gasteiger partial charge in [0.05, 0.1) is 11.4 Å². The van der Waals surface area contributed by atoms with Crippen LogP contribution in [0.15, 0.2) is 58.3 Å². The number of aldehydes is 1. The predicted molar refractivity (Wildman–Crippen MR) is 79.3 cm³/mol. The number of benzene rings is 2. The van der Waals surface area contributed by atoms with Crippen LogP contribution in [-0.4, -0.2) is 12.8 Å². The zero-order valence-electron chi connectivity index (χ0n) is 10.6. The quantitative estimate of drug-likeness (QED) is 0.610. The first-order valence-electron chi connectivity index (χ1n) is 6.47. The smallest absolute Gasteiger partial charge is 0.120 e. The van der Waals surface area contributed by atoms with Crippen LogP contribution in [0, 0.1) is 0 Å². The molecule has 19 heavy (non-hydrogen) atoms. The molecule has 0 saturated heterocycles. The van der Waals surface area contributed by atoms with Gasteiger partial charge >= 0.3 is 0 Å². The van der Waals surface area contributed by atoms with Gasteiger partial charge in [0.2, 0.25) is 0 Å². The molecular weight excluding hydrogens is 254 g/mol. The van der Waals surface area contributed by atoms with Crippen molar-refractivity contribution in [1.29, 1.82) is 0 Å². The molecule has 0 N–H and O–H groups in total. The number of hydrogen-bond donors (Lipinski definition) is 0. The number of para-hydroxylation sites is 2. The molecule has 0 spiro atoms. The average molecular weight is 269 g/mol. The van der Waals surface area contributed by atoms with Crippen molar-refractivity contribution in [2.45, 2.75) is 22.6 Å². The standard InChI is InChI=1S/C16H15NOS/c18-12-6-5-11-17-13-7-1-3-9-15(13)19-16-10-4-2-8-14(16)17/h1-4,7-10,12H,5-6,11H2. The Hall–Kier alpha value is -1.74. The second-order valence-corrected chi connectivity index (χ2v) is 5.58. The van der Waals surface area contributed by atoms with E-state index in [4.69, 9.17) is 0 Å². The highest BCUT2D eigenvalue weighted by Gasteiger charge is 2.21. The number of anilines is 2. The molecule has 0 aromatic heterocycles. The summed E-state index contributed by atoms with van der Waals surface area (Å²) in [5, 5.41) is 0. The summed E-state index contributed by atoms with van der Waals surface area (Å²) in [5.41, 5.74) is 2.49. The minimum atomic E-state index is 0.619. The van der Waals surface area contributed by atoms with Crippen molar-refractivity contribution in [3.63, 3.8) is 0 Å². The molecule has 0 aliphatic carbocycles. The van der Waals surface area contributed by atoms with Crippen molar-refractivity contribution in [1.82, 2.24) is 0 Å². The predicted octanol–water partition coefficient (Wildman–Crippen LogP) is 4.27. The van der Waals surface area contributed by atoms with Crippen LogP contribution in [0.25, 0.3) is 0 Å². The first-order chi connectivity index (χ1) is 9.40. The third kappa shape index (κ3) is 2.38. The minimum absolute atomic E-state index is 0.619. The Labute approximate surface area is 117 Å². The fraction of sp³-hybridized carbons (Fsp3) is 0.188. The van der Waals surface area contributed by atoms with Crippen LogP contribution in [0.5, 0.6) is 0 Å². The van der Waals surface area contributed by atoms with E-state index < -0.39 is 0 Å². The molecule has 0 bridgehead atoms. The zero-order chi connectivity index (χ0) is 13.1. The number of fused-ring (bicyclic) bond motifs is 2. The summed E-state index contributed by atoms with van der Waals surface area (Å²) in [6.45, 7) is 0.882. The van der Waals surface area contributed by atoms with Gasteiger partial charge in [0.25, 0.3) is 0 Å². The van der Waals surface area contributed by atoms with E-state index in [0.717, 1.165) is 19.3 Å². The average Bonchev–Trinajstić information content (AvgIpc) is 2.46. The monoisotopic (exact) mass is 269 g/mol. The van der Waals surface area contributed by atoms with Crippen LogP contribution in [0.3, 0.4) is 0 Å². The molecule has 1 aliphatic rings. The minimum Gasteiger partial charge on any atom is -0.340 e. The Morgan fingerprint density at radius 3 is 2.11 bits per heavy atom. The van der Waals surface area contributed by atoms with E-state index >= 15 is 0 Å². The van der Waals surface area contributed by atoms with E-state index in [1.807, 2.05) is 11.8 Å². The largest absolute Gasteiger partial charge is 0.340 e.